The lowest BCUT2D eigenvalue weighted by atomic mass is 9.98. The van der Waals surface area contributed by atoms with E-state index in [0.717, 1.165) is 35.1 Å². The van der Waals surface area contributed by atoms with Crippen LogP contribution in [0, 0.1) is 0 Å². The van der Waals surface area contributed by atoms with Crippen molar-refractivity contribution in [3.63, 3.8) is 0 Å². The van der Waals surface area contributed by atoms with Crippen LogP contribution in [0.5, 0.6) is 0 Å². The molecule has 0 saturated carbocycles. The number of hydrogen-bond donors (Lipinski definition) is 1. The first-order valence-corrected chi connectivity index (χ1v) is 11.6. The number of aromatic carboxylic acids is 1. The van der Waals surface area contributed by atoms with E-state index >= 15 is 0 Å². The molecule has 1 N–H and O–H groups in total. The first-order valence-electron chi connectivity index (χ1n) is 11.6. The van der Waals surface area contributed by atoms with Crippen LogP contribution in [0.4, 0.5) is 0 Å². The topological polar surface area (TPSA) is 85.6 Å². The Kier molecular flexibility index (Phi) is 7.11. The van der Waals surface area contributed by atoms with E-state index in [1.807, 2.05) is 47.2 Å². The molecule has 0 atom stereocenters. The minimum Gasteiger partial charge on any atom is -0.478 e. The lowest BCUT2D eigenvalue weighted by Crippen LogP contribution is -2.16. The van der Waals surface area contributed by atoms with Crippen LogP contribution in [0.1, 0.15) is 51.6 Å². The molecule has 3 aromatic carbocycles. The second-order valence-electron chi connectivity index (χ2n) is 8.49. The van der Waals surface area contributed by atoms with Gasteiger partial charge in [0.1, 0.15) is 0 Å². The third kappa shape index (κ3) is 5.01. The minimum atomic E-state index is -1.03. The highest BCUT2D eigenvalue weighted by atomic mass is 16.5. The Morgan fingerprint density at radius 3 is 2.43 bits per heavy atom. The highest BCUT2D eigenvalue weighted by molar-refractivity contribution is 5.97. The van der Waals surface area contributed by atoms with Crippen LogP contribution < -0.4 is 5.43 Å². The number of carboxylic acid groups (broad SMARTS) is 1. The van der Waals surface area contributed by atoms with Crippen LogP contribution in [0.3, 0.4) is 0 Å². The fourth-order valence-electron chi connectivity index (χ4n) is 4.27. The van der Waals surface area contributed by atoms with Crippen molar-refractivity contribution < 1.29 is 19.4 Å². The first-order chi connectivity index (χ1) is 16.9. The van der Waals surface area contributed by atoms with E-state index in [1.165, 1.54) is 13.2 Å². The average molecular weight is 470 g/mol. The van der Waals surface area contributed by atoms with Crippen molar-refractivity contribution in [2.75, 3.05) is 7.11 Å². The van der Waals surface area contributed by atoms with Gasteiger partial charge < -0.3 is 14.4 Å². The molecule has 0 radical (unpaired) electrons. The Bertz CT molecular complexity index is 1450. The van der Waals surface area contributed by atoms with Gasteiger partial charge in [0.15, 0.2) is 5.43 Å². The van der Waals surface area contributed by atoms with E-state index in [9.17, 15) is 19.5 Å². The molecule has 1 heterocycles. The number of methoxy groups -OCH3 is 1. The number of carbonyl (C=O) groups excluding carboxylic acids is 1. The third-order valence-electron chi connectivity index (χ3n) is 6.15. The van der Waals surface area contributed by atoms with Gasteiger partial charge >= 0.3 is 11.9 Å². The summed E-state index contributed by atoms with van der Waals surface area (Å²) in [6.45, 7) is 2.55. The summed E-state index contributed by atoms with van der Waals surface area (Å²) in [5, 5.41) is 9.98. The molecule has 0 aliphatic carbocycles. The molecule has 1 aromatic heterocycles. The number of nitrogens with zero attached hydrogens (tertiary/aromatic N) is 1. The molecule has 4 aromatic rings. The standard InChI is InChI=1S/C29H27NO5/c1-3-4-7-22-18-30(26-16-21(28(32)33)14-15-25(26)27(22)31)17-19-10-12-20(13-11-19)23-8-5-6-9-24(23)29(34)35-2/h5-6,8-16,18H,3-4,7,17H2,1-2H3,(H,32,33). The molecule has 0 aliphatic rings. The molecule has 0 saturated heterocycles. The van der Waals surface area contributed by atoms with Gasteiger partial charge in [0.05, 0.1) is 23.8 Å². The summed E-state index contributed by atoms with van der Waals surface area (Å²) in [7, 11) is 1.36. The number of carboxylic acids is 1. The number of hydrogen-bond acceptors (Lipinski definition) is 4. The van der Waals surface area contributed by atoms with Crippen molar-refractivity contribution in [2.45, 2.75) is 32.7 Å². The zero-order chi connectivity index (χ0) is 24.9. The molecule has 35 heavy (non-hydrogen) atoms. The quantitative estimate of drug-likeness (QED) is 0.342. The number of esters is 1. The van der Waals surface area contributed by atoms with Gasteiger partial charge in [0, 0.05) is 23.7 Å². The van der Waals surface area contributed by atoms with E-state index in [-0.39, 0.29) is 11.0 Å². The fourth-order valence-corrected chi connectivity index (χ4v) is 4.27. The van der Waals surface area contributed by atoms with Crippen LogP contribution in [0.25, 0.3) is 22.0 Å². The van der Waals surface area contributed by atoms with Gasteiger partial charge in [0.2, 0.25) is 0 Å². The van der Waals surface area contributed by atoms with Crippen molar-refractivity contribution in [3.8, 4) is 11.1 Å². The minimum absolute atomic E-state index is 0.0450. The van der Waals surface area contributed by atoms with Gasteiger partial charge in [-0.2, -0.15) is 0 Å². The Labute approximate surface area is 203 Å². The maximum absolute atomic E-state index is 13.0. The van der Waals surface area contributed by atoms with E-state index in [2.05, 4.69) is 6.92 Å². The number of ether oxygens (including phenoxy) is 1. The van der Waals surface area contributed by atoms with Gasteiger partial charge in [-0.1, -0.05) is 55.8 Å². The third-order valence-corrected chi connectivity index (χ3v) is 6.15. The molecular formula is C29H27NO5. The summed E-state index contributed by atoms with van der Waals surface area (Å²) in [6, 6.07) is 19.8. The summed E-state index contributed by atoms with van der Waals surface area (Å²) in [6.07, 6.45) is 4.41. The number of pyridine rings is 1. The maximum atomic E-state index is 13.0. The summed E-state index contributed by atoms with van der Waals surface area (Å²) in [5.41, 5.74) is 4.57. The predicted molar refractivity (Wildman–Crippen MR) is 136 cm³/mol. The maximum Gasteiger partial charge on any atom is 0.338 e. The van der Waals surface area contributed by atoms with E-state index in [4.69, 9.17) is 4.74 Å². The van der Waals surface area contributed by atoms with Crippen LogP contribution >= 0.6 is 0 Å². The van der Waals surface area contributed by atoms with Crippen molar-refractivity contribution in [1.82, 2.24) is 4.57 Å². The zero-order valence-corrected chi connectivity index (χ0v) is 19.8. The van der Waals surface area contributed by atoms with Crippen molar-refractivity contribution >= 4 is 22.8 Å². The Balaban J connectivity index is 1.74. The van der Waals surface area contributed by atoms with Crippen molar-refractivity contribution in [3.05, 3.63) is 105 Å². The largest absolute Gasteiger partial charge is 0.478 e. The molecule has 6 nitrogen and oxygen atoms in total. The highest BCUT2D eigenvalue weighted by Gasteiger charge is 2.14. The molecule has 4 rings (SSSR count). The lowest BCUT2D eigenvalue weighted by molar-refractivity contribution is 0.0600. The first kappa shape index (κ1) is 24.0. The van der Waals surface area contributed by atoms with Crippen molar-refractivity contribution in [2.24, 2.45) is 0 Å². The fraction of sp³-hybridized carbons (Fsp3) is 0.207. The Morgan fingerprint density at radius 1 is 1.00 bits per heavy atom. The normalized spacial score (nSPS) is 10.9. The molecule has 178 valence electrons. The molecular weight excluding hydrogens is 442 g/mol. The summed E-state index contributed by atoms with van der Waals surface area (Å²) in [4.78, 5) is 36.7. The van der Waals surface area contributed by atoms with Gasteiger partial charge in [-0.3, -0.25) is 4.79 Å². The summed E-state index contributed by atoms with van der Waals surface area (Å²) >= 11 is 0. The van der Waals surface area contributed by atoms with Crippen LogP contribution in [0.15, 0.2) is 77.7 Å². The summed E-state index contributed by atoms with van der Waals surface area (Å²) in [5.74, 6) is -1.42. The van der Waals surface area contributed by atoms with Crippen molar-refractivity contribution in [1.29, 1.82) is 0 Å². The number of benzene rings is 3. The zero-order valence-electron chi connectivity index (χ0n) is 19.8. The number of aryl methyl sites for hydroxylation is 1. The van der Waals surface area contributed by atoms with Crippen LogP contribution in [0.2, 0.25) is 0 Å². The average Bonchev–Trinajstić information content (AvgIpc) is 2.89. The van der Waals surface area contributed by atoms with E-state index in [1.54, 1.807) is 24.3 Å². The molecule has 0 bridgehead atoms. The summed E-state index contributed by atoms with van der Waals surface area (Å²) < 4.78 is 6.86. The highest BCUT2D eigenvalue weighted by Crippen LogP contribution is 2.25. The molecule has 0 fully saturated rings. The molecule has 0 aliphatic heterocycles. The van der Waals surface area contributed by atoms with E-state index < -0.39 is 11.9 Å². The van der Waals surface area contributed by atoms with E-state index in [0.29, 0.717) is 29.4 Å². The van der Waals surface area contributed by atoms with Crippen LogP contribution in [-0.4, -0.2) is 28.7 Å². The molecule has 0 spiro atoms. The number of fused-ring (bicyclic) bond motifs is 1. The molecule has 0 amide bonds. The van der Waals surface area contributed by atoms with Crippen LogP contribution in [-0.2, 0) is 17.7 Å². The molecule has 0 unspecified atom stereocenters. The SMILES string of the molecule is CCCCc1cn(Cc2ccc(-c3ccccc3C(=O)OC)cc2)c2cc(C(=O)O)ccc2c1=O. The van der Waals surface area contributed by atoms with Gasteiger partial charge in [-0.25, -0.2) is 9.59 Å². The number of unbranched alkanes of at least 4 members (excludes halogenated alkanes) is 1. The molecule has 6 heteroatoms. The smallest absolute Gasteiger partial charge is 0.338 e. The number of aromatic nitrogens is 1. The van der Waals surface area contributed by atoms with Gasteiger partial charge in [-0.05, 0) is 53.8 Å². The van der Waals surface area contributed by atoms with Gasteiger partial charge in [-0.15, -0.1) is 0 Å². The lowest BCUT2D eigenvalue weighted by Gasteiger charge is -2.15. The Hall–Kier alpha value is -4.19. The number of carbonyl (C=O) groups is 2. The predicted octanol–water partition coefficient (Wildman–Crippen LogP) is 5.54. The Morgan fingerprint density at radius 2 is 1.74 bits per heavy atom. The monoisotopic (exact) mass is 469 g/mol. The second-order valence-corrected chi connectivity index (χ2v) is 8.49. The number of rotatable bonds is 8. The van der Waals surface area contributed by atoms with Gasteiger partial charge in [0.25, 0.3) is 0 Å². The second kappa shape index (κ2) is 10.4.